The summed E-state index contributed by atoms with van der Waals surface area (Å²) < 4.78 is 44.6. The van der Waals surface area contributed by atoms with Crippen molar-refractivity contribution in [1.29, 1.82) is 0 Å². The number of ether oxygens (including phenoxy) is 1. The largest absolute Gasteiger partial charge is 0.573 e. The number of thiazole rings is 1. The van der Waals surface area contributed by atoms with Crippen molar-refractivity contribution in [1.82, 2.24) is 19.3 Å². The molecule has 0 spiro atoms. The molecule has 43 heavy (non-hydrogen) atoms. The van der Waals surface area contributed by atoms with Crippen LogP contribution in [0.1, 0.15) is 36.6 Å². The molecule has 0 bridgehead atoms. The number of aryl methyl sites for hydroxylation is 2. The first kappa shape index (κ1) is 29.6. The number of rotatable bonds is 7. The molecule has 2 aromatic heterocycles. The number of carbonyl (C=O) groups is 1. The molecule has 0 fully saturated rings. The van der Waals surface area contributed by atoms with E-state index in [1.54, 1.807) is 6.21 Å². The normalized spacial score (nSPS) is 13.0. The third-order valence-corrected chi connectivity index (χ3v) is 7.56. The lowest BCUT2D eigenvalue weighted by Gasteiger charge is -2.10. The zero-order valence-corrected chi connectivity index (χ0v) is 24.3. The summed E-state index contributed by atoms with van der Waals surface area (Å²) in [6, 6.07) is 20.3. The number of aliphatic imine (C=N–C) groups is 1. The third-order valence-electron chi connectivity index (χ3n) is 6.61. The molecule has 8 nitrogen and oxygen atoms in total. The molecular formula is C31H27F3N6O2S. The van der Waals surface area contributed by atoms with Gasteiger partial charge in [-0.2, -0.15) is 4.99 Å². The summed E-state index contributed by atoms with van der Waals surface area (Å²) in [4.78, 5) is 25.9. The number of alkyl halides is 3. The number of hydrogen-bond acceptors (Lipinski definition) is 5. The molecule has 12 heteroatoms. The van der Waals surface area contributed by atoms with E-state index in [0.717, 1.165) is 34.5 Å². The summed E-state index contributed by atoms with van der Waals surface area (Å²) in [6.07, 6.45) is -0.843. The molecule has 0 aliphatic rings. The Morgan fingerprint density at radius 3 is 2.49 bits per heavy atom. The van der Waals surface area contributed by atoms with Crippen LogP contribution in [0.15, 0.2) is 94.5 Å². The van der Waals surface area contributed by atoms with Crippen LogP contribution in [-0.4, -0.2) is 37.9 Å². The minimum Gasteiger partial charge on any atom is -0.406 e. The molecule has 1 atom stereocenters. The summed E-state index contributed by atoms with van der Waals surface area (Å²) in [5.74, 6) is -0.0287. The van der Waals surface area contributed by atoms with Crippen LogP contribution in [0.5, 0.6) is 5.75 Å². The molecule has 2 heterocycles. The first-order valence-corrected chi connectivity index (χ1v) is 14.3. The predicted octanol–water partition coefficient (Wildman–Crippen LogP) is 7.45. The Labute approximate surface area is 249 Å². The van der Waals surface area contributed by atoms with Crippen molar-refractivity contribution < 1.29 is 22.7 Å². The molecule has 0 N–H and O–H groups in total. The highest BCUT2D eigenvalue weighted by atomic mass is 32.1. The van der Waals surface area contributed by atoms with E-state index < -0.39 is 12.4 Å². The van der Waals surface area contributed by atoms with E-state index >= 15 is 0 Å². The van der Waals surface area contributed by atoms with Crippen molar-refractivity contribution in [3.8, 4) is 28.5 Å². The first-order valence-electron chi connectivity index (χ1n) is 13.4. The molecule has 220 valence electrons. The van der Waals surface area contributed by atoms with Gasteiger partial charge in [-0.3, -0.25) is 4.57 Å². The van der Waals surface area contributed by atoms with Gasteiger partial charge in [0.05, 0.1) is 11.4 Å². The Bertz CT molecular complexity index is 1820. The van der Waals surface area contributed by atoms with Gasteiger partial charge < -0.3 is 4.74 Å². The Morgan fingerprint density at radius 1 is 1.07 bits per heavy atom. The van der Waals surface area contributed by atoms with Gasteiger partial charge in [0.2, 0.25) is 0 Å². The molecular weight excluding hydrogens is 577 g/mol. The van der Waals surface area contributed by atoms with Crippen LogP contribution in [0.3, 0.4) is 0 Å². The third kappa shape index (κ3) is 7.15. The van der Waals surface area contributed by atoms with E-state index in [2.05, 4.69) is 37.8 Å². The molecule has 5 rings (SSSR count). The number of halogens is 3. The maximum Gasteiger partial charge on any atom is 0.573 e. The molecule has 0 aliphatic heterocycles. The molecule has 5 aromatic rings. The van der Waals surface area contributed by atoms with Crippen molar-refractivity contribution in [2.75, 3.05) is 0 Å². The lowest BCUT2D eigenvalue weighted by molar-refractivity contribution is -0.274. The average molecular weight is 605 g/mol. The molecule has 0 saturated carbocycles. The van der Waals surface area contributed by atoms with Gasteiger partial charge in [-0.25, -0.2) is 19.5 Å². The zero-order valence-electron chi connectivity index (χ0n) is 23.5. The Kier molecular flexibility index (Phi) is 8.67. The van der Waals surface area contributed by atoms with Crippen molar-refractivity contribution in [3.05, 3.63) is 106 Å². The van der Waals surface area contributed by atoms with Gasteiger partial charge in [0.25, 0.3) is 0 Å². The number of amides is 2. The van der Waals surface area contributed by atoms with Gasteiger partial charge >= 0.3 is 12.4 Å². The van der Waals surface area contributed by atoms with E-state index in [1.807, 2.05) is 66.3 Å². The van der Waals surface area contributed by atoms with Gasteiger partial charge in [-0.15, -0.1) is 29.6 Å². The van der Waals surface area contributed by atoms with Crippen LogP contribution in [-0.2, 0) is 6.42 Å². The number of aromatic nitrogens is 4. The fraction of sp³-hybridized carbons (Fsp3) is 0.194. The minimum absolute atomic E-state index is 0.158. The van der Waals surface area contributed by atoms with Crippen LogP contribution >= 0.6 is 11.3 Å². The highest BCUT2D eigenvalue weighted by Crippen LogP contribution is 2.25. The van der Waals surface area contributed by atoms with Crippen molar-refractivity contribution in [3.63, 3.8) is 0 Å². The smallest absolute Gasteiger partial charge is 0.406 e. The predicted molar refractivity (Wildman–Crippen MR) is 159 cm³/mol. The Balaban J connectivity index is 1.26. The van der Waals surface area contributed by atoms with Gasteiger partial charge in [-0.05, 0) is 54.8 Å². The molecule has 0 saturated heterocycles. The SMILES string of the molecule is CCc1ccccc1-n1c(C)csc1=NC(=O)N=CC(C)c1ccc(-c2ncn(-c3ccc(OC(F)(F)F)cc3)n2)cc1. The molecule has 2 amide bonds. The molecule has 1 unspecified atom stereocenters. The monoisotopic (exact) mass is 604 g/mol. The quantitative estimate of drug-likeness (QED) is 0.181. The van der Waals surface area contributed by atoms with Gasteiger partial charge in [-0.1, -0.05) is 56.3 Å². The summed E-state index contributed by atoms with van der Waals surface area (Å²) in [5, 5.41) is 6.39. The number of hydrogen-bond donors (Lipinski definition) is 0. The standard InChI is InChI=1S/C31H27F3N6O2S/c1-4-22-7-5-6-8-27(22)40-21(3)18-43-30(40)37-29(41)35-17-20(2)23-9-11-24(12-10-23)28-36-19-39(38-28)25-13-15-26(16-14-25)42-31(32,33)34/h5-20H,4H2,1-3H3. The van der Waals surface area contributed by atoms with Crippen LogP contribution in [0.25, 0.3) is 22.8 Å². The van der Waals surface area contributed by atoms with E-state index in [9.17, 15) is 18.0 Å². The van der Waals surface area contributed by atoms with Crippen molar-refractivity contribution in [2.24, 2.45) is 9.98 Å². The highest BCUT2D eigenvalue weighted by molar-refractivity contribution is 7.07. The molecule has 0 aliphatic carbocycles. The number of nitrogens with zero attached hydrogens (tertiary/aromatic N) is 6. The second-order valence-corrected chi connectivity index (χ2v) is 10.5. The Morgan fingerprint density at radius 2 is 1.79 bits per heavy atom. The van der Waals surface area contributed by atoms with Crippen molar-refractivity contribution >= 4 is 23.6 Å². The van der Waals surface area contributed by atoms with E-state index in [4.69, 9.17) is 0 Å². The lowest BCUT2D eigenvalue weighted by atomic mass is 10.0. The first-order chi connectivity index (χ1) is 20.6. The van der Waals surface area contributed by atoms with Crippen LogP contribution in [0.2, 0.25) is 0 Å². The highest BCUT2D eigenvalue weighted by Gasteiger charge is 2.31. The van der Waals surface area contributed by atoms with Gasteiger partial charge in [0, 0.05) is 28.8 Å². The van der Waals surface area contributed by atoms with Crippen LogP contribution in [0, 0.1) is 6.92 Å². The summed E-state index contributed by atoms with van der Waals surface area (Å²) >= 11 is 1.39. The molecule has 0 radical (unpaired) electrons. The number of urea groups is 1. The van der Waals surface area contributed by atoms with Crippen molar-refractivity contribution in [2.45, 2.75) is 39.5 Å². The van der Waals surface area contributed by atoms with Gasteiger partial charge in [0.15, 0.2) is 10.6 Å². The second-order valence-electron chi connectivity index (χ2n) is 9.62. The van der Waals surface area contributed by atoms with Gasteiger partial charge in [0.1, 0.15) is 12.1 Å². The number of carbonyl (C=O) groups excluding carboxylic acids is 1. The van der Waals surface area contributed by atoms with E-state index in [-0.39, 0.29) is 11.7 Å². The topological polar surface area (TPSA) is 86.7 Å². The molecule has 3 aromatic carbocycles. The number of para-hydroxylation sites is 1. The van der Waals surface area contributed by atoms with Crippen LogP contribution in [0.4, 0.5) is 18.0 Å². The Hall–Kier alpha value is -4.84. The van der Waals surface area contributed by atoms with Crippen LogP contribution < -0.4 is 9.54 Å². The maximum absolute atomic E-state index is 12.7. The fourth-order valence-corrected chi connectivity index (χ4v) is 5.28. The van der Waals surface area contributed by atoms with E-state index in [1.165, 1.54) is 46.6 Å². The summed E-state index contributed by atoms with van der Waals surface area (Å²) in [7, 11) is 0. The second kappa shape index (κ2) is 12.6. The average Bonchev–Trinajstić information content (AvgIpc) is 3.62. The lowest BCUT2D eigenvalue weighted by Crippen LogP contribution is -2.17. The summed E-state index contributed by atoms with van der Waals surface area (Å²) in [6.45, 7) is 6.00. The zero-order chi connectivity index (χ0) is 30.6. The summed E-state index contributed by atoms with van der Waals surface area (Å²) in [5.41, 5.74) is 5.36. The maximum atomic E-state index is 12.7. The number of benzene rings is 3. The fourth-order valence-electron chi connectivity index (χ4n) is 4.42. The minimum atomic E-state index is -4.75. The van der Waals surface area contributed by atoms with E-state index in [0.29, 0.717) is 16.3 Å².